The van der Waals surface area contributed by atoms with Crippen LogP contribution in [0, 0.1) is 0 Å². The van der Waals surface area contributed by atoms with Gasteiger partial charge in [-0.05, 0) is 57.0 Å². The van der Waals surface area contributed by atoms with E-state index in [0.717, 1.165) is 33.3 Å². The summed E-state index contributed by atoms with van der Waals surface area (Å²) < 4.78 is 4.29. The van der Waals surface area contributed by atoms with Crippen LogP contribution >= 0.6 is 11.8 Å². The van der Waals surface area contributed by atoms with E-state index in [1.54, 1.807) is 6.33 Å². The first-order valence-corrected chi connectivity index (χ1v) is 20.0. The largest absolute Gasteiger partial charge is 0.276 e. The molecule has 0 saturated carbocycles. The lowest BCUT2D eigenvalue weighted by Gasteiger charge is -2.39. The normalized spacial score (nSPS) is 13.8. The summed E-state index contributed by atoms with van der Waals surface area (Å²) in [6.45, 7) is 4.70. The maximum Gasteiger partial charge on any atom is 0.239 e. The molecule has 0 aliphatic carbocycles. The third-order valence-electron chi connectivity index (χ3n) is 10.5. The Labute approximate surface area is 300 Å². The molecule has 0 unspecified atom stereocenters. The molecule has 4 heterocycles. The van der Waals surface area contributed by atoms with Crippen molar-refractivity contribution < 1.29 is 0 Å². The lowest BCUT2D eigenvalue weighted by atomic mass is 9.78. The predicted molar refractivity (Wildman–Crippen MR) is 209 cm³/mol. The van der Waals surface area contributed by atoms with Crippen LogP contribution in [0.1, 0.15) is 25.0 Å². The number of imidazole rings is 2. The lowest BCUT2D eigenvalue weighted by Crippen LogP contribution is -2.77. The summed E-state index contributed by atoms with van der Waals surface area (Å²) in [7, 11) is -3.20. The third kappa shape index (κ3) is 4.30. The highest BCUT2D eigenvalue weighted by Crippen LogP contribution is 2.48. The molecule has 0 N–H and O–H groups in total. The van der Waals surface area contributed by atoms with Gasteiger partial charge >= 0.3 is 0 Å². The molecule has 6 aromatic carbocycles. The zero-order chi connectivity index (χ0) is 34.2. The number of rotatable bonds is 5. The smallest absolute Gasteiger partial charge is 0.239 e. The van der Waals surface area contributed by atoms with Crippen molar-refractivity contribution in [1.82, 2.24) is 28.9 Å². The standard InChI is InChI=1S/C43H32N6SSi/c1-43(2)31-20-9-14-26-37(31)50-39-32(43)21-15-27-38(39)51(29-16-5-3-6-17-29,30-18-7-4-8-19-30)41-45-28-44-40(47-41)49-36-25-13-12-24-35(36)48-34-23-11-10-22-33(34)46-42(48)49/h3-28H,1-2H3. The molecule has 3 aromatic heterocycles. The summed E-state index contributed by atoms with van der Waals surface area (Å²) in [5.41, 5.74) is 7.27. The minimum atomic E-state index is -3.20. The Morgan fingerprint density at radius 3 is 1.96 bits per heavy atom. The molecule has 8 heteroatoms. The first-order chi connectivity index (χ1) is 25.1. The molecule has 1 aliphatic heterocycles. The first-order valence-electron chi connectivity index (χ1n) is 17.2. The molecule has 9 aromatic rings. The number of fused-ring (bicyclic) bond motifs is 7. The van der Waals surface area contributed by atoms with Crippen LogP contribution in [0.15, 0.2) is 168 Å². The van der Waals surface area contributed by atoms with Crippen molar-refractivity contribution in [3.63, 3.8) is 0 Å². The zero-order valence-corrected chi connectivity index (χ0v) is 29.9. The van der Waals surface area contributed by atoms with Crippen molar-refractivity contribution in [3.05, 3.63) is 169 Å². The maximum atomic E-state index is 5.56. The van der Waals surface area contributed by atoms with Crippen LogP contribution in [0.5, 0.6) is 0 Å². The van der Waals surface area contributed by atoms with Crippen molar-refractivity contribution in [2.45, 2.75) is 29.1 Å². The van der Waals surface area contributed by atoms with E-state index in [1.807, 2.05) is 17.8 Å². The molecule has 0 fully saturated rings. The Hall–Kier alpha value is -5.83. The van der Waals surface area contributed by atoms with Gasteiger partial charge < -0.3 is 0 Å². The fourth-order valence-corrected chi connectivity index (χ4v) is 14.6. The van der Waals surface area contributed by atoms with Gasteiger partial charge in [0.1, 0.15) is 11.8 Å². The fourth-order valence-electron chi connectivity index (χ4n) is 8.12. The Bertz CT molecular complexity index is 2730. The van der Waals surface area contributed by atoms with Gasteiger partial charge in [-0.25, -0.2) is 24.5 Å². The summed E-state index contributed by atoms with van der Waals surface area (Å²) in [4.78, 5) is 23.3. The van der Waals surface area contributed by atoms with E-state index in [0.29, 0.717) is 5.95 Å². The molecule has 0 amide bonds. The Kier molecular flexibility index (Phi) is 6.68. The van der Waals surface area contributed by atoms with Crippen LogP contribution < -0.4 is 21.0 Å². The maximum absolute atomic E-state index is 5.56. The molecule has 244 valence electrons. The van der Waals surface area contributed by atoms with Gasteiger partial charge in [0, 0.05) is 15.2 Å². The van der Waals surface area contributed by atoms with E-state index >= 15 is 0 Å². The van der Waals surface area contributed by atoms with Gasteiger partial charge in [-0.15, -0.1) is 0 Å². The number of hydrogen-bond donors (Lipinski definition) is 0. The second-order valence-electron chi connectivity index (χ2n) is 13.6. The summed E-state index contributed by atoms with van der Waals surface area (Å²) in [6, 6.07) is 54.1. The van der Waals surface area contributed by atoms with Gasteiger partial charge in [0.15, 0.2) is 0 Å². The summed E-state index contributed by atoms with van der Waals surface area (Å²) in [5, 5.41) is 3.71. The van der Waals surface area contributed by atoms with E-state index < -0.39 is 8.07 Å². The van der Waals surface area contributed by atoms with Crippen molar-refractivity contribution in [1.29, 1.82) is 0 Å². The summed E-state index contributed by atoms with van der Waals surface area (Å²) in [5.74, 6) is 1.32. The highest BCUT2D eigenvalue weighted by atomic mass is 32.2. The van der Waals surface area contributed by atoms with Crippen LogP contribution in [-0.4, -0.2) is 37.0 Å². The van der Waals surface area contributed by atoms with Gasteiger partial charge in [0.05, 0.1) is 22.1 Å². The molecule has 1 aliphatic rings. The van der Waals surface area contributed by atoms with Gasteiger partial charge in [-0.3, -0.25) is 4.40 Å². The van der Waals surface area contributed by atoms with Crippen LogP contribution in [0.2, 0.25) is 0 Å². The number of benzene rings is 6. The van der Waals surface area contributed by atoms with E-state index in [9.17, 15) is 0 Å². The molecule has 0 saturated heterocycles. The summed E-state index contributed by atoms with van der Waals surface area (Å²) >= 11 is 1.88. The van der Waals surface area contributed by atoms with Gasteiger partial charge in [-0.2, -0.15) is 0 Å². The molecule has 0 radical (unpaired) electrons. The number of hydrogen-bond acceptors (Lipinski definition) is 5. The van der Waals surface area contributed by atoms with Crippen molar-refractivity contribution in [2.75, 3.05) is 0 Å². The van der Waals surface area contributed by atoms with Crippen LogP contribution in [0.25, 0.3) is 33.8 Å². The fraction of sp³-hybridized carbons (Fsp3) is 0.0698. The number of aromatic nitrogens is 6. The Morgan fingerprint density at radius 2 is 1.20 bits per heavy atom. The quantitative estimate of drug-likeness (QED) is 0.147. The van der Waals surface area contributed by atoms with Crippen LogP contribution in [0.4, 0.5) is 0 Å². The van der Waals surface area contributed by atoms with E-state index in [-0.39, 0.29) is 5.41 Å². The summed E-state index contributed by atoms with van der Waals surface area (Å²) in [6.07, 6.45) is 1.70. The molecule has 10 rings (SSSR count). The highest BCUT2D eigenvalue weighted by molar-refractivity contribution is 7.99. The average Bonchev–Trinajstić information content (AvgIpc) is 3.71. The first kappa shape index (κ1) is 30.0. The molecular weight excluding hydrogens is 661 g/mol. The predicted octanol–water partition coefficient (Wildman–Crippen LogP) is 6.78. The molecule has 0 spiro atoms. The number of para-hydroxylation sites is 4. The number of nitrogens with zero attached hydrogens (tertiary/aromatic N) is 6. The van der Waals surface area contributed by atoms with Crippen molar-refractivity contribution in [3.8, 4) is 5.95 Å². The van der Waals surface area contributed by atoms with Crippen LogP contribution in [-0.2, 0) is 5.41 Å². The Morgan fingerprint density at radius 1 is 0.569 bits per heavy atom. The van der Waals surface area contributed by atoms with Gasteiger partial charge in [-0.1, -0.05) is 147 Å². The monoisotopic (exact) mass is 692 g/mol. The molecule has 0 atom stereocenters. The highest BCUT2D eigenvalue weighted by Gasteiger charge is 2.48. The SMILES string of the molecule is CC1(C)c2ccccc2Sc2c1cccc2[Si](c1ccccc1)(c1ccccc1)c1ncnc(-n2c3ccccc3n3c4ccccc4nc23)n1. The minimum Gasteiger partial charge on any atom is -0.276 e. The van der Waals surface area contributed by atoms with E-state index in [2.05, 4.69) is 168 Å². The molecule has 6 nitrogen and oxygen atoms in total. The lowest BCUT2D eigenvalue weighted by molar-refractivity contribution is 0.608. The second-order valence-corrected chi connectivity index (χ2v) is 18.2. The molecule has 0 bridgehead atoms. The molecule has 51 heavy (non-hydrogen) atoms. The topological polar surface area (TPSA) is 60.9 Å². The zero-order valence-electron chi connectivity index (χ0n) is 28.1. The van der Waals surface area contributed by atoms with Crippen LogP contribution in [0.3, 0.4) is 0 Å². The van der Waals surface area contributed by atoms with Gasteiger partial charge in [0.25, 0.3) is 0 Å². The van der Waals surface area contributed by atoms with Gasteiger partial charge in [0.2, 0.25) is 19.8 Å². The third-order valence-corrected chi connectivity index (χ3v) is 16.4. The van der Waals surface area contributed by atoms with Crippen molar-refractivity contribution in [2.24, 2.45) is 0 Å². The molecular formula is C43H32N6SSi. The van der Waals surface area contributed by atoms with E-state index in [4.69, 9.17) is 19.9 Å². The van der Waals surface area contributed by atoms with E-state index in [1.165, 1.54) is 36.5 Å². The van der Waals surface area contributed by atoms with Crippen molar-refractivity contribution >= 4 is 68.7 Å². The average molecular weight is 693 g/mol. The minimum absolute atomic E-state index is 0.191. The Balaban J connectivity index is 1.31. The second kappa shape index (κ2) is 11.3.